The number of ketones is 1. The molecule has 55 heavy (non-hydrogen) atoms. The number of nitrogens with one attached hydrogen (secondary N) is 3. The largest absolute Gasteiger partial charge is 0.469 e. The van der Waals surface area contributed by atoms with Crippen LogP contribution in [0.2, 0.25) is 0 Å². The Labute approximate surface area is 316 Å². The number of hydrogen-bond donors (Lipinski definition) is 4. The van der Waals surface area contributed by atoms with E-state index >= 15 is 0 Å². The van der Waals surface area contributed by atoms with Crippen LogP contribution in [0.5, 0.6) is 5.75 Å². The van der Waals surface area contributed by atoms with Crippen molar-refractivity contribution in [3.8, 4) is 39.8 Å². The van der Waals surface area contributed by atoms with Crippen LogP contribution in [0.25, 0.3) is 44.9 Å². The number of para-hydroxylation sites is 1. The molecule has 7 heterocycles. The highest BCUT2D eigenvalue weighted by Gasteiger charge is 2.61. The maximum absolute atomic E-state index is 14.4. The van der Waals surface area contributed by atoms with Crippen LogP contribution >= 0.6 is 0 Å². The number of Topliss-reactive ketones (excluding diaryl/α,β-unsaturated/α-hetero) is 1. The SMILES string of the molecule is CC(C)[C@@H]1NC(=O)[C@@H](CC(=O)[C@@H](O)C2CCCCC2)Cc2ccc3c(c2)C24c5cccc(c5N[C@H]2O3)-c2cccc3[nH]cc(c23)-c2cnc(o2)-c2nc1oc24. The van der Waals surface area contributed by atoms with Crippen molar-refractivity contribution in [2.75, 3.05) is 5.32 Å². The van der Waals surface area contributed by atoms with Gasteiger partial charge in [-0.25, -0.2) is 9.97 Å². The van der Waals surface area contributed by atoms with E-state index in [9.17, 15) is 14.7 Å². The van der Waals surface area contributed by atoms with Crippen molar-refractivity contribution in [3.05, 3.63) is 95.3 Å². The second kappa shape index (κ2) is 11.9. The number of rotatable bonds is 5. The van der Waals surface area contributed by atoms with Gasteiger partial charge in [-0.15, -0.1) is 0 Å². The Kier molecular flexibility index (Phi) is 7.09. The molecule has 5 atom stereocenters. The molecule has 0 saturated heterocycles. The van der Waals surface area contributed by atoms with Crippen LogP contribution in [0, 0.1) is 17.8 Å². The van der Waals surface area contributed by atoms with E-state index in [2.05, 4.69) is 52.0 Å². The molecule has 1 amide bonds. The van der Waals surface area contributed by atoms with E-state index in [1.165, 1.54) is 0 Å². The molecule has 11 rings (SSSR count). The lowest BCUT2D eigenvalue weighted by Gasteiger charge is -2.29. The average Bonchev–Trinajstić information content (AvgIpc) is 4.02. The van der Waals surface area contributed by atoms with E-state index in [1.54, 1.807) is 6.20 Å². The minimum absolute atomic E-state index is 0.0703. The van der Waals surface area contributed by atoms with Crippen molar-refractivity contribution in [2.24, 2.45) is 17.8 Å². The van der Waals surface area contributed by atoms with Crippen LogP contribution in [-0.4, -0.2) is 44.1 Å². The van der Waals surface area contributed by atoms with Crippen LogP contribution in [0.4, 0.5) is 5.69 Å². The molecule has 1 aliphatic carbocycles. The average molecular weight is 736 g/mol. The lowest BCUT2D eigenvalue weighted by atomic mass is 9.72. The first-order valence-electron chi connectivity index (χ1n) is 19.6. The Morgan fingerprint density at radius 2 is 1.82 bits per heavy atom. The summed E-state index contributed by atoms with van der Waals surface area (Å²) in [6.07, 6.45) is 6.99. The maximum atomic E-state index is 14.4. The molecule has 4 aliphatic heterocycles. The minimum atomic E-state index is -1.08. The molecular weight excluding hydrogens is 695 g/mol. The summed E-state index contributed by atoms with van der Waals surface area (Å²) < 4.78 is 20.6. The quantitative estimate of drug-likeness (QED) is 0.139. The van der Waals surface area contributed by atoms with E-state index < -0.39 is 29.7 Å². The van der Waals surface area contributed by atoms with Crippen molar-refractivity contribution in [1.29, 1.82) is 0 Å². The zero-order valence-electron chi connectivity index (χ0n) is 30.6. The summed E-state index contributed by atoms with van der Waals surface area (Å²) in [6.45, 7) is 4.01. The van der Waals surface area contributed by atoms with E-state index in [0.717, 1.165) is 82.1 Å². The molecular formula is C44H41N5O6. The van der Waals surface area contributed by atoms with Gasteiger partial charge >= 0.3 is 0 Å². The molecule has 4 N–H and O–H groups in total. The molecule has 11 heteroatoms. The predicted octanol–water partition coefficient (Wildman–Crippen LogP) is 7.82. The number of ether oxygens (including phenoxy) is 1. The van der Waals surface area contributed by atoms with Crippen LogP contribution in [-0.2, 0) is 21.4 Å². The molecule has 3 aromatic heterocycles. The number of amides is 1. The highest BCUT2D eigenvalue weighted by Crippen LogP contribution is 2.61. The summed E-state index contributed by atoms with van der Waals surface area (Å²) in [5.74, 6) is 0.867. The lowest BCUT2D eigenvalue weighted by Crippen LogP contribution is -2.41. The molecule has 6 aromatic rings. The number of oxazole rings is 2. The summed E-state index contributed by atoms with van der Waals surface area (Å²) in [6, 6.07) is 17.9. The topological polar surface area (TPSA) is 156 Å². The van der Waals surface area contributed by atoms with E-state index in [0.29, 0.717) is 41.2 Å². The van der Waals surface area contributed by atoms with Gasteiger partial charge in [0.25, 0.3) is 0 Å². The number of aromatic nitrogens is 3. The first-order chi connectivity index (χ1) is 26.8. The third kappa shape index (κ3) is 4.65. The molecule has 10 bridgehead atoms. The standard InChI is InChI=1S/C44H41N5O6/c1-21(2)35-42-48-37-39(55-42)44-28-12-6-11-26(25-10-7-13-30-34(25)27(19-45-30)33-20-46-41(37)53-33)36(28)49-43(44)54-32-15-14-22(17-29(32)44)16-24(40(52)47-35)18-31(50)38(51)23-8-4-3-5-9-23/h6-7,10-15,17,19-21,23-24,35,38,43,45,49,51H,3-5,8-9,16,18H2,1-2H3,(H,47,52)/t24-,35+,38+,43+,44?/m1/s1. The smallest absolute Gasteiger partial charge is 0.249 e. The van der Waals surface area contributed by atoms with Gasteiger partial charge in [0.1, 0.15) is 23.3 Å². The molecule has 0 radical (unpaired) electrons. The van der Waals surface area contributed by atoms with Gasteiger partial charge in [0.2, 0.25) is 17.7 Å². The summed E-state index contributed by atoms with van der Waals surface area (Å²) in [5, 5.41) is 19.3. The Balaban J connectivity index is 1.15. The first-order valence-corrected chi connectivity index (χ1v) is 19.6. The number of aliphatic hydroxyl groups is 1. The maximum Gasteiger partial charge on any atom is 0.249 e. The van der Waals surface area contributed by atoms with E-state index in [-0.39, 0.29) is 29.9 Å². The van der Waals surface area contributed by atoms with Crippen molar-refractivity contribution in [2.45, 2.75) is 82.6 Å². The predicted molar refractivity (Wildman–Crippen MR) is 204 cm³/mol. The van der Waals surface area contributed by atoms with Crippen molar-refractivity contribution < 1.29 is 28.3 Å². The number of carbonyl (C=O) groups excluding carboxylic acids is 2. The summed E-state index contributed by atoms with van der Waals surface area (Å²) >= 11 is 0. The number of benzene rings is 3. The van der Waals surface area contributed by atoms with Crippen LogP contribution < -0.4 is 15.4 Å². The minimum Gasteiger partial charge on any atom is -0.469 e. The van der Waals surface area contributed by atoms with Crippen molar-refractivity contribution in [1.82, 2.24) is 20.3 Å². The lowest BCUT2D eigenvalue weighted by molar-refractivity contribution is -0.136. The van der Waals surface area contributed by atoms with Gasteiger partial charge in [-0.2, -0.15) is 0 Å². The van der Waals surface area contributed by atoms with Gasteiger partial charge in [-0.05, 0) is 54.4 Å². The number of aromatic amines is 1. The summed E-state index contributed by atoms with van der Waals surface area (Å²) in [7, 11) is 0. The number of H-pyrrole nitrogens is 1. The molecule has 1 unspecified atom stereocenters. The Hall–Kier alpha value is -5.68. The number of fused-ring (bicyclic) bond motifs is 7. The Bertz CT molecular complexity index is 2560. The van der Waals surface area contributed by atoms with Gasteiger partial charge in [0, 0.05) is 57.4 Å². The van der Waals surface area contributed by atoms with Crippen LogP contribution in [0.15, 0.2) is 75.8 Å². The van der Waals surface area contributed by atoms with Crippen molar-refractivity contribution in [3.63, 3.8) is 0 Å². The third-order valence-electron chi connectivity index (χ3n) is 12.8. The van der Waals surface area contributed by atoms with Gasteiger partial charge < -0.3 is 34.3 Å². The molecule has 1 fully saturated rings. The second-order valence-electron chi connectivity index (χ2n) is 16.3. The Morgan fingerprint density at radius 3 is 2.67 bits per heavy atom. The van der Waals surface area contributed by atoms with Gasteiger partial charge in [0.15, 0.2) is 29.2 Å². The highest BCUT2D eigenvalue weighted by atomic mass is 16.5. The second-order valence-corrected chi connectivity index (χ2v) is 16.3. The molecule has 3 aromatic carbocycles. The number of nitrogens with zero attached hydrogens (tertiary/aromatic N) is 2. The number of anilines is 1. The van der Waals surface area contributed by atoms with Crippen molar-refractivity contribution >= 4 is 28.3 Å². The van der Waals surface area contributed by atoms with E-state index in [4.69, 9.17) is 23.5 Å². The summed E-state index contributed by atoms with van der Waals surface area (Å²) in [5.41, 5.74) is 6.89. The summed E-state index contributed by atoms with van der Waals surface area (Å²) in [4.78, 5) is 41.6. The third-order valence-corrected chi connectivity index (χ3v) is 12.8. The van der Waals surface area contributed by atoms with Crippen LogP contribution in [0.3, 0.4) is 0 Å². The number of carbonyl (C=O) groups is 2. The number of aliphatic hydroxyl groups excluding tert-OH is 1. The molecule has 11 nitrogen and oxygen atoms in total. The molecule has 5 aliphatic rings. The fraction of sp³-hybridized carbons (Fsp3) is 0.364. The molecule has 278 valence electrons. The zero-order chi connectivity index (χ0) is 37.2. The molecule has 1 saturated carbocycles. The first kappa shape index (κ1) is 32.7. The zero-order valence-corrected chi connectivity index (χ0v) is 30.6. The van der Waals surface area contributed by atoms with Gasteiger partial charge in [-0.1, -0.05) is 75.6 Å². The van der Waals surface area contributed by atoms with Gasteiger partial charge in [0.05, 0.1) is 6.20 Å². The van der Waals surface area contributed by atoms with E-state index in [1.807, 2.05) is 38.2 Å². The Morgan fingerprint density at radius 1 is 0.982 bits per heavy atom. The fourth-order valence-corrected chi connectivity index (χ4v) is 10.0. The normalized spacial score (nSPS) is 24.0. The van der Waals surface area contributed by atoms with Gasteiger partial charge in [-0.3, -0.25) is 9.59 Å². The fourth-order valence-electron chi connectivity index (χ4n) is 10.0. The number of hydrogen-bond acceptors (Lipinski definition) is 9. The molecule has 1 spiro atoms. The highest BCUT2D eigenvalue weighted by molar-refractivity contribution is 6.07. The monoisotopic (exact) mass is 735 g/mol. The van der Waals surface area contributed by atoms with Crippen LogP contribution in [0.1, 0.15) is 86.8 Å².